The van der Waals surface area contributed by atoms with Crippen LogP contribution in [-0.4, -0.2) is 75.1 Å². The molecule has 5 rings (SSSR count). The molecule has 2 amide bonds. The van der Waals surface area contributed by atoms with Gasteiger partial charge in [0, 0.05) is 26.2 Å². The van der Waals surface area contributed by atoms with Crippen LogP contribution in [0.25, 0.3) is 0 Å². The minimum atomic E-state index is -0.968. The van der Waals surface area contributed by atoms with E-state index < -0.39 is 23.7 Å². The topological polar surface area (TPSA) is 119 Å². The smallest absolute Gasteiger partial charge is 0.335 e. The lowest BCUT2D eigenvalue weighted by Gasteiger charge is -2.52. The highest BCUT2D eigenvalue weighted by molar-refractivity contribution is 6.00. The number of ether oxygens (including phenoxy) is 1. The van der Waals surface area contributed by atoms with Gasteiger partial charge in [0.25, 0.3) is 0 Å². The van der Waals surface area contributed by atoms with Crippen LogP contribution in [0.15, 0.2) is 48.5 Å². The molecule has 2 aromatic rings. The summed E-state index contributed by atoms with van der Waals surface area (Å²) in [5.41, 5.74) is 1.51. The molecule has 3 fully saturated rings. The van der Waals surface area contributed by atoms with Crippen molar-refractivity contribution < 1.29 is 29.3 Å². The normalized spacial score (nSPS) is 21.9. The summed E-state index contributed by atoms with van der Waals surface area (Å²) < 4.78 is 5.87. The Bertz CT molecular complexity index is 1270. The Labute approximate surface area is 254 Å². The number of likely N-dealkylation sites (tertiary alicyclic amines) is 1. The van der Waals surface area contributed by atoms with Crippen molar-refractivity contribution in [2.45, 2.75) is 95.5 Å². The molecule has 2 saturated heterocycles. The highest BCUT2D eigenvalue weighted by Gasteiger charge is 2.55. The van der Waals surface area contributed by atoms with E-state index in [4.69, 9.17) is 9.84 Å². The van der Waals surface area contributed by atoms with Crippen LogP contribution in [-0.2, 0) is 22.7 Å². The van der Waals surface area contributed by atoms with Gasteiger partial charge in [-0.3, -0.25) is 14.5 Å². The van der Waals surface area contributed by atoms with E-state index >= 15 is 0 Å². The van der Waals surface area contributed by atoms with Crippen molar-refractivity contribution in [3.05, 3.63) is 65.2 Å². The Balaban J connectivity index is 1.20. The molecule has 43 heavy (non-hydrogen) atoms. The molecule has 0 radical (unpaired) electrons. The minimum Gasteiger partial charge on any atom is -0.489 e. The number of nitrogens with one attached hydrogen (secondary N) is 1. The number of hydrogen-bond donors (Lipinski definition) is 3. The highest BCUT2D eigenvalue weighted by Crippen LogP contribution is 2.36. The maximum Gasteiger partial charge on any atom is 0.335 e. The molecule has 9 nitrogen and oxygen atoms in total. The quantitative estimate of drug-likeness (QED) is 0.355. The van der Waals surface area contributed by atoms with Gasteiger partial charge in [-0.25, -0.2) is 4.79 Å². The number of nitrogens with zero attached hydrogens (tertiary/aromatic N) is 2. The molecular formula is C34H45N3O6. The Kier molecular flexibility index (Phi) is 10.0. The van der Waals surface area contributed by atoms with Crippen molar-refractivity contribution in [1.29, 1.82) is 0 Å². The first-order chi connectivity index (χ1) is 20.8. The van der Waals surface area contributed by atoms with Crippen molar-refractivity contribution >= 4 is 17.8 Å². The number of piperazine rings is 1. The average molecular weight is 592 g/mol. The molecule has 1 saturated carbocycles. The molecule has 0 bridgehead atoms. The molecule has 2 aromatic carbocycles. The number of carboxylic acids is 1. The molecule has 232 valence electrons. The fourth-order valence-corrected chi connectivity index (χ4v) is 6.97. The van der Waals surface area contributed by atoms with Gasteiger partial charge in [0.2, 0.25) is 11.8 Å². The van der Waals surface area contributed by atoms with Crippen LogP contribution in [0, 0.1) is 5.92 Å². The summed E-state index contributed by atoms with van der Waals surface area (Å²) >= 11 is 0. The zero-order valence-corrected chi connectivity index (χ0v) is 25.2. The molecule has 1 spiro atoms. The summed E-state index contributed by atoms with van der Waals surface area (Å²) in [6.07, 6.45) is 7.16. The highest BCUT2D eigenvalue weighted by atomic mass is 16.5. The summed E-state index contributed by atoms with van der Waals surface area (Å²) in [6.45, 7) is 5.10. The third-order valence-electron chi connectivity index (χ3n) is 9.56. The number of aliphatic hydroxyl groups is 1. The largest absolute Gasteiger partial charge is 0.489 e. The molecule has 3 N–H and O–H groups in total. The first-order valence-corrected chi connectivity index (χ1v) is 15.9. The SMILES string of the molecule is CCCCN1C(=O)[C@@H]([C@H](O)C2CCCCC2)NC(=O)C12CCN(Cc1cccc(COc3ccc(C(=O)O)cc3)c1)CC2. The molecule has 2 heterocycles. The fourth-order valence-electron chi connectivity index (χ4n) is 6.97. The van der Waals surface area contributed by atoms with Gasteiger partial charge < -0.3 is 25.2 Å². The summed E-state index contributed by atoms with van der Waals surface area (Å²) in [6, 6.07) is 13.7. The fraction of sp³-hybridized carbons (Fsp3) is 0.559. The van der Waals surface area contributed by atoms with Gasteiger partial charge in [0.15, 0.2) is 0 Å². The van der Waals surface area contributed by atoms with Crippen LogP contribution in [0.4, 0.5) is 0 Å². The van der Waals surface area contributed by atoms with Gasteiger partial charge in [0.1, 0.15) is 23.9 Å². The van der Waals surface area contributed by atoms with Crippen LogP contribution < -0.4 is 10.1 Å². The number of amides is 2. The Morgan fingerprint density at radius 3 is 2.42 bits per heavy atom. The van der Waals surface area contributed by atoms with Gasteiger partial charge in [0.05, 0.1) is 11.7 Å². The van der Waals surface area contributed by atoms with E-state index in [0.29, 0.717) is 44.8 Å². The van der Waals surface area contributed by atoms with Gasteiger partial charge in [-0.15, -0.1) is 0 Å². The Morgan fingerprint density at radius 2 is 1.74 bits per heavy atom. The van der Waals surface area contributed by atoms with E-state index in [0.717, 1.165) is 56.2 Å². The average Bonchev–Trinajstić information content (AvgIpc) is 3.03. The lowest BCUT2D eigenvalue weighted by Crippen LogP contribution is -2.75. The molecule has 9 heteroatoms. The summed E-state index contributed by atoms with van der Waals surface area (Å²) in [4.78, 5) is 42.8. The van der Waals surface area contributed by atoms with Gasteiger partial charge in [-0.1, -0.05) is 56.9 Å². The zero-order valence-electron chi connectivity index (χ0n) is 25.2. The number of unbranched alkanes of at least 4 members (excludes halogenated alkanes) is 1. The third-order valence-corrected chi connectivity index (χ3v) is 9.56. The predicted octanol–water partition coefficient (Wildman–Crippen LogP) is 4.37. The molecule has 0 aromatic heterocycles. The number of piperidine rings is 1. The standard InChI is InChI=1S/C34H45N3O6/c1-2-3-18-37-31(39)29(30(38)26-10-5-4-6-11-26)35-33(42)34(37)16-19-36(20-17-34)22-24-8-7-9-25(21-24)23-43-28-14-12-27(13-15-28)32(40)41/h7-9,12-15,21,26,29-30,38H,2-6,10-11,16-20,22-23H2,1H3,(H,35,42)(H,40,41)/t29-,30-/m1/s1. The summed E-state index contributed by atoms with van der Waals surface area (Å²) in [5.74, 6) is -0.531. The number of carbonyl (C=O) groups is 3. The monoisotopic (exact) mass is 591 g/mol. The van der Waals surface area contributed by atoms with Gasteiger partial charge in [-0.05, 0) is 73.4 Å². The van der Waals surface area contributed by atoms with Crippen molar-refractivity contribution in [1.82, 2.24) is 15.1 Å². The van der Waals surface area contributed by atoms with E-state index in [9.17, 15) is 19.5 Å². The van der Waals surface area contributed by atoms with Crippen LogP contribution in [0.1, 0.15) is 86.2 Å². The van der Waals surface area contributed by atoms with Gasteiger partial charge >= 0.3 is 5.97 Å². The van der Waals surface area contributed by atoms with Crippen molar-refractivity contribution in [2.75, 3.05) is 19.6 Å². The van der Waals surface area contributed by atoms with E-state index in [1.807, 2.05) is 17.0 Å². The van der Waals surface area contributed by atoms with Gasteiger partial charge in [-0.2, -0.15) is 0 Å². The lowest BCUT2D eigenvalue weighted by atomic mass is 9.78. The number of hydrogen-bond acceptors (Lipinski definition) is 6. The van der Waals surface area contributed by atoms with Crippen LogP contribution in [0.3, 0.4) is 0 Å². The van der Waals surface area contributed by atoms with Crippen LogP contribution in [0.2, 0.25) is 0 Å². The predicted molar refractivity (Wildman–Crippen MR) is 163 cm³/mol. The summed E-state index contributed by atoms with van der Waals surface area (Å²) in [7, 11) is 0. The molecule has 2 atom stereocenters. The summed E-state index contributed by atoms with van der Waals surface area (Å²) in [5, 5.41) is 23.3. The van der Waals surface area contributed by atoms with E-state index in [-0.39, 0.29) is 23.3 Å². The third kappa shape index (κ3) is 7.04. The number of aromatic carboxylic acids is 1. The molecule has 2 aliphatic heterocycles. The zero-order chi connectivity index (χ0) is 30.4. The van der Waals surface area contributed by atoms with Crippen LogP contribution in [0.5, 0.6) is 5.75 Å². The Morgan fingerprint density at radius 1 is 1.05 bits per heavy atom. The van der Waals surface area contributed by atoms with E-state index in [1.54, 1.807) is 12.1 Å². The number of carbonyl (C=O) groups excluding carboxylic acids is 2. The number of aliphatic hydroxyl groups excluding tert-OH is 1. The van der Waals surface area contributed by atoms with Crippen molar-refractivity contribution in [2.24, 2.45) is 5.92 Å². The lowest BCUT2D eigenvalue weighted by molar-refractivity contribution is -0.166. The molecule has 0 unspecified atom stereocenters. The second-order valence-electron chi connectivity index (χ2n) is 12.4. The minimum absolute atomic E-state index is 0.0607. The second kappa shape index (κ2) is 13.9. The second-order valence-corrected chi connectivity index (χ2v) is 12.4. The first-order valence-electron chi connectivity index (χ1n) is 15.9. The van der Waals surface area contributed by atoms with E-state index in [2.05, 4.69) is 29.3 Å². The van der Waals surface area contributed by atoms with Crippen LogP contribution >= 0.6 is 0 Å². The first kappa shape index (κ1) is 31.0. The van der Waals surface area contributed by atoms with Crippen molar-refractivity contribution in [3.8, 4) is 5.75 Å². The maximum atomic E-state index is 13.9. The molecule has 1 aliphatic carbocycles. The maximum absolute atomic E-state index is 13.9. The van der Waals surface area contributed by atoms with Crippen molar-refractivity contribution in [3.63, 3.8) is 0 Å². The Hall–Kier alpha value is -3.43. The van der Waals surface area contributed by atoms with E-state index in [1.165, 1.54) is 18.6 Å². The number of benzene rings is 2. The molecular weight excluding hydrogens is 546 g/mol. The number of rotatable bonds is 11. The molecule has 3 aliphatic rings. The number of carboxylic acid groups (broad SMARTS) is 1.